The smallest absolute Gasteiger partial charge is 0.255 e. The second-order valence-electron chi connectivity index (χ2n) is 13.6. The van der Waals surface area contributed by atoms with Crippen molar-refractivity contribution in [2.75, 3.05) is 11.9 Å². The molecule has 2 aliphatic heterocycles. The number of fused-ring (bicyclic) bond motifs is 4. The molecule has 0 bridgehead atoms. The van der Waals surface area contributed by atoms with Gasteiger partial charge in [0.15, 0.2) is 11.6 Å². The average molecular weight is 742 g/mol. The molecule has 12 heteroatoms. The molecule has 5 heterocycles. The molecule has 3 aliphatic rings. The van der Waals surface area contributed by atoms with Crippen LogP contribution in [-0.4, -0.2) is 60.4 Å². The number of anilines is 1. The molecule has 1 amide bonds. The lowest BCUT2D eigenvalue weighted by molar-refractivity contribution is -0.133. The summed E-state index contributed by atoms with van der Waals surface area (Å²) in [5.41, 5.74) is 8.30. The number of unbranched alkanes of at least 4 members (excludes halogenated alkanes) is 1. The first kappa shape index (κ1) is 34.6. The fourth-order valence-electron chi connectivity index (χ4n) is 7.29. The molecule has 0 spiro atoms. The molecule has 1 fully saturated rings. The van der Waals surface area contributed by atoms with Crippen molar-refractivity contribution in [2.24, 2.45) is 4.99 Å². The molecule has 1 aliphatic carbocycles. The van der Waals surface area contributed by atoms with Crippen molar-refractivity contribution in [1.29, 1.82) is 0 Å². The van der Waals surface area contributed by atoms with E-state index in [9.17, 15) is 14.4 Å². The molecule has 1 N–H and O–H groups in total. The van der Waals surface area contributed by atoms with E-state index in [0.29, 0.717) is 36.5 Å². The summed E-state index contributed by atoms with van der Waals surface area (Å²) in [6, 6.07) is 17.0. The van der Waals surface area contributed by atoms with E-state index in [0.717, 1.165) is 92.2 Å². The van der Waals surface area contributed by atoms with E-state index in [1.165, 1.54) is 0 Å². The Balaban J connectivity index is 0.895. The van der Waals surface area contributed by atoms with Crippen LogP contribution in [-0.2, 0) is 29.1 Å². The molecule has 5 aromatic rings. The van der Waals surface area contributed by atoms with Crippen molar-refractivity contribution in [2.45, 2.75) is 71.5 Å². The Bertz CT molecular complexity index is 2370. The number of benzene rings is 2. The summed E-state index contributed by atoms with van der Waals surface area (Å²) in [4.78, 5) is 49.7. The Labute approximate surface area is 316 Å². The van der Waals surface area contributed by atoms with Crippen LogP contribution in [0.5, 0.6) is 0 Å². The first-order valence-electron chi connectivity index (χ1n) is 17.8. The first-order valence-corrected chi connectivity index (χ1v) is 19.0. The average Bonchev–Trinajstić information content (AvgIpc) is 3.76. The number of carbonyl (C=O) groups excluding carboxylic acids is 3. The van der Waals surface area contributed by atoms with Crippen LogP contribution in [0.25, 0.3) is 5.00 Å². The fourth-order valence-corrected chi connectivity index (χ4v) is 8.65. The molecule has 1 unspecified atom stereocenters. The lowest BCUT2D eigenvalue weighted by Crippen LogP contribution is -2.44. The SMILES string of the molecule is Cc1c(C#Cc2ccc(CCCCNc3cccc4c3CN(C3CCC(=O)CC3=O)C4=O)nc2)sc2c1C(c1ccc(Cl)cc1)=NCc1nnc(C)n1-2. The summed E-state index contributed by atoms with van der Waals surface area (Å²) >= 11 is 7.82. The maximum Gasteiger partial charge on any atom is 0.255 e. The molecule has 8 rings (SSSR count). The number of thiophene rings is 1. The number of ketones is 2. The lowest BCUT2D eigenvalue weighted by Gasteiger charge is -2.29. The van der Waals surface area contributed by atoms with Crippen LogP contribution in [0.15, 0.2) is 65.8 Å². The minimum absolute atomic E-state index is 0.0420. The second-order valence-corrected chi connectivity index (χ2v) is 15.0. The molecule has 1 saturated carbocycles. The number of Topliss-reactive ketones (excluding diaryl/α,β-unsaturated/α-hetero) is 2. The first-order chi connectivity index (χ1) is 25.7. The molecular formula is C41H36ClN7O3S. The Morgan fingerprint density at radius 2 is 1.85 bits per heavy atom. The Kier molecular flexibility index (Phi) is 9.49. The van der Waals surface area contributed by atoms with Gasteiger partial charge < -0.3 is 10.2 Å². The Hall–Kier alpha value is -5.44. The van der Waals surface area contributed by atoms with Crippen molar-refractivity contribution in [3.63, 3.8) is 0 Å². The largest absolute Gasteiger partial charge is 0.385 e. The summed E-state index contributed by atoms with van der Waals surface area (Å²) in [5, 5.41) is 13.9. The van der Waals surface area contributed by atoms with Crippen molar-refractivity contribution in [1.82, 2.24) is 24.6 Å². The quantitative estimate of drug-likeness (QED) is 0.105. The van der Waals surface area contributed by atoms with Crippen molar-refractivity contribution < 1.29 is 14.4 Å². The van der Waals surface area contributed by atoms with Crippen molar-refractivity contribution in [3.05, 3.63) is 121 Å². The maximum atomic E-state index is 13.2. The van der Waals surface area contributed by atoms with E-state index >= 15 is 0 Å². The molecule has 0 radical (unpaired) electrons. The zero-order chi connectivity index (χ0) is 36.6. The van der Waals surface area contributed by atoms with Gasteiger partial charge in [-0.1, -0.05) is 41.6 Å². The summed E-state index contributed by atoms with van der Waals surface area (Å²) in [6.07, 6.45) is 5.21. The van der Waals surface area contributed by atoms with E-state index in [1.54, 1.807) is 16.2 Å². The summed E-state index contributed by atoms with van der Waals surface area (Å²) in [7, 11) is 0. The molecule has 3 aromatic heterocycles. The standard InChI is InChI=1S/C41H36ClN7O3S/c1-24-36(53-41-38(24)39(27-11-13-28(42)14-12-27)45-22-37-47-46-25(2)49(37)41)18-10-26-9-15-29(44-21-26)6-3-4-19-43-33-8-5-7-31-32(33)23-48(40(31)52)34-17-16-30(50)20-35(34)51/h5,7-9,11-15,21,34,43H,3-4,6,16-17,19-20,22-23H2,1-2H3. The molecule has 266 valence electrons. The Morgan fingerprint density at radius 3 is 2.64 bits per heavy atom. The van der Waals surface area contributed by atoms with Gasteiger partial charge in [-0.05, 0) is 81.5 Å². The van der Waals surface area contributed by atoms with E-state index in [4.69, 9.17) is 21.6 Å². The van der Waals surface area contributed by atoms with Crippen LogP contribution < -0.4 is 5.32 Å². The van der Waals surface area contributed by atoms with Crippen molar-refractivity contribution >= 4 is 51.8 Å². The third-order valence-corrected chi connectivity index (χ3v) is 11.5. The van der Waals surface area contributed by atoms with Gasteiger partial charge >= 0.3 is 0 Å². The number of carbonyl (C=O) groups is 3. The Morgan fingerprint density at radius 1 is 1.00 bits per heavy atom. The number of rotatable bonds is 8. The van der Waals surface area contributed by atoms with E-state index in [-0.39, 0.29) is 23.9 Å². The third kappa shape index (κ3) is 6.80. The maximum absolute atomic E-state index is 13.2. The second kappa shape index (κ2) is 14.5. The van der Waals surface area contributed by atoms with Crippen molar-refractivity contribution in [3.8, 4) is 16.8 Å². The van der Waals surface area contributed by atoms with Gasteiger partial charge in [0.2, 0.25) is 0 Å². The van der Waals surface area contributed by atoms with Crippen LogP contribution in [0.3, 0.4) is 0 Å². The molecule has 2 aromatic carbocycles. The highest BCUT2D eigenvalue weighted by Gasteiger charge is 2.39. The van der Waals surface area contributed by atoms with Crippen LogP contribution in [0.1, 0.15) is 92.5 Å². The summed E-state index contributed by atoms with van der Waals surface area (Å²) in [6.45, 7) is 5.61. The van der Waals surface area contributed by atoms with Crippen LogP contribution in [0.2, 0.25) is 5.02 Å². The van der Waals surface area contributed by atoms with Crippen LogP contribution in [0, 0.1) is 25.7 Å². The minimum atomic E-state index is -0.516. The molecule has 53 heavy (non-hydrogen) atoms. The van der Waals surface area contributed by atoms with Gasteiger partial charge in [0, 0.05) is 69.9 Å². The number of nitrogens with zero attached hydrogens (tertiary/aromatic N) is 6. The molecular weight excluding hydrogens is 706 g/mol. The van der Waals surface area contributed by atoms with Gasteiger partial charge in [-0.25, -0.2) is 0 Å². The zero-order valence-corrected chi connectivity index (χ0v) is 31.0. The predicted octanol–water partition coefficient (Wildman–Crippen LogP) is 6.83. The number of aryl methyl sites for hydroxylation is 2. The highest BCUT2D eigenvalue weighted by atomic mass is 35.5. The predicted molar refractivity (Wildman–Crippen MR) is 205 cm³/mol. The number of nitrogens with one attached hydrogen (secondary N) is 1. The number of halogens is 1. The number of aromatic nitrogens is 4. The molecule has 1 atom stereocenters. The topological polar surface area (TPSA) is 122 Å². The van der Waals surface area contributed by atoms with Gasteiger partial charge in [0.25, 0.3) is 5.91 Å². The number of hydrogen-bond acceptors (Lipinski definition) is 9. The lowest BCUT2D eigenvalue weighted by atomic mass is 9.92. The number of aliphatic imine (C=N–C) groups is 1. The summed E-state index contributed by atoms with van der Waals surface area (Å²) in [5.74, 6) is 8.01. The molecule has 10 nitrogen and oxygen atoms in total. The summed E-state index contributed by atoms with van der Waals surface area (Å²) < 4.78 is 2.09. The van der Waals surface area contributed by atoms with E-state index in [1.807, 2.05) is 67.7 Å². The van der Waals surface area contributed by atoms with Crippen LogP contribution in [0.4, 0.5) is 5.69 Å². The van der Waals surface area contributed by atoms with Gasteiger partial charge in [-0.2, -0.15) is 0 Å². The number of amides is 1. The zero-order valence-electron chi connectivity index (χ0n) is 29.4. The number of hydrogen-bond donors (Lipinski definition) is 1. The van der Waals surface area contributed by atoms with E-state index < -0.39 is 6.04 Å². The normalized spacial score (nSPS) is 16.4. The van der Waals surface area contributed by atoms with Crippen LogP contribution >= 0.6 is 22.9 Å². The molecule has 0 saturated heterocycles. The third-order valence-electron chi connectivity index (χ3n) is 10.1. The highest BCUT2D eigenvalue weighted by Crippen LogP contribution is 2.37. The van der Waals surface area contributed by atoms with Gasteiger partial charge in [0.1, 0.15) is 23.2 Å². The fraction of sp³-hybridized carbons (Fsp3) is 0.293. The van der Waals surface area contributed by atoms with Gasteiger partial charge in [-0.3, -0.25) is 28.9 Å². The minimum Gasteiger partial charge on any atom is -0.385 e. The highest BCUT2D eigenvalue weighted by molar-refractivity contribution is 7.15. The monoisotopic (exact) mass is 741 g/mol. The van der Waals surface area contributed by atoms with E-state index in [2.05, 4.69) is 38.8 Å². The number of pyridine rings is 1. The van der Waals surface area contributed by atoms with Gasteiger partial charge in [0.05, 0.1) is 23.1 Å². The van der Waals surface area contributed by atoms with Gasteiger partial charge in [-0.15, -0.1) is 21.5 Å².